The quantitative estimate of drug-likeness (QED) is 0.794. The second-order valence-electron chi connectivity index (χ2n) is 6.56. The van der Waals surface area contributed by atoms with Crippen LogP contribution in [0, 0.1) is 0 Å². The number of carbonyl (C=O) groups excluding carboxylic acids is 1. The standard InChI is InChI=1S/C20H21NO2/c1-21-16-9-10-18(21)19(20(22)23-2)17(12-16)15-8-7-13-5-3-4-6-14(13)11-15/h3-8,11,16,18H,9-10,12H2,1-2H3/t16?,18-/m1/s1. The maximum Gasteiger partial charge on any atom is 0.335 e. The minimum Gasteiger partial charge on any atom is -0.466 e. The Morgan fingerprint density at radius 3 is 2.70 bits per heavy atom. The van der Waals surface area contributed by atoms with Crippen molar-refractivity contribution in [1.82, 2.24) is 4.90 Å². The van der Waals surface area contributed by atoms with E-state index in [1.165, 1.54) is 23.5 Å². The lowest BCUT2D eigenvalue weighted by atomic mass is 9.88. The van der Waals surface area contributed by atoms with E-state index in [0.717, 1.165) is 30.4 Å². The number of hydrogen-bond acceptors (Lipinski definition) is 3. The molecule has 0 amide bonds. The fraction of sp³-hybridized carbons (Fsp3) is 0.350. The van der Waals surface area contributed by atoms with E-state index in [1.807, 2.05) is 0 Å². The van der Waals surface area contributed by atoms with Crippen LogP contribution in [0.4, 0.5) is 0 Å². The summed E-state index contributed by atoms with van der Waals surface area (Å²) in [6.45, 7) is 0. The first-order valence-electron chi connectivity index (χ1n) is 8.21. The van der Waals surface area contributed by atoms with Crippen LogP contribution in [0.25, 0.3) is 16.3 Å². The first-order valence-corrected chi connectivity index (χ1v) is 8.21. The lowest BCUT2D eigenvalue weighted by Crippen LogP contribution is -2.40. The number of rotatable bonds is 2. The van der Waals surface area contributed by atoms with Crippen molar-refractivity contribution in [1.29, 1.82) is 0 Å². The first kappa shape index (κ1) is 14.5. The summed E-state index contributed by atoms with van der Waals surface area (Å²) in [6.07, 6.45) is 3.12. The molecule has 3 heteroatoms. The van der Waals surface area contributed by atoms with E-state index in [-0.39, 0.29) is 12.0 Å². The molecule has 4 rings (SSSR count). The highest BCUT2D eigenvalue weighted by Crippen LogP contribution is 2.42. The average Bonchev–Trinajstić information content (AvgIpc) is 2.83. The molecule has 0 saturated carbocycles. The molecule has 0 aromatic heterocycles. The minimum absolute atomic E-state index is 0.176. The zero-order valence-corrected chi connectivity index (χ0v) is 13.6. The van der Waals surface area contributed by atoms with Crippen molar-refractivity contribution < 1.29 is 9.53 Å². The van der Waals surface area contributed by atoms with Gasteiger partial charge in [0.15, 0.2) is 0 Å². The van der Waals surface area contributed by atoms with Gasteiger partial charge >= 0.3 is 5.97 Å². The Kier molecular flexibility index (Phi) is 3.46. The number of methoxy groups -OCH3 is 1. The van der Waals surface area contributed by atoms with Crippen molar-refractivity contribution in [3.05, 3.63) is 53.6 Å². The second-order valence-corrected chi connectivity index (χ2v) is 6.56. The van der Waals surface area contributed by atoms with Gasteiger partial charge in [-0.1, -0.05) is 36.4 Å². The van der Waals surface area contributed by atoms with Gasteiger partial charge in [0.1, 0.15) is 0 Å². The number of likely N-dealkylation sites (N-methyl/N-ethyl adjacent to an activating group) is 1. The van der Waals surface area contributed by atoms with E-state index in [2.05, 4.69) is 54.4 Å². The third kappa shape index (κ3) is 2.27. The molecule has 0 N–H and O–H groups in total. The van der Waals surface area contributed by atoms with Crippen molar-refractivity contribution in [3.8, 4) is 0 Å². The smallest absolute Gasteiger partial charge is 0.335 e. The van der Waals surface area contributed by atoms with Crippen molar-refractivity contribution >= 4 is 22.3 Å². The molecule has 118 valence electrons. The van der Waals surface area contributed by atoms with Crippen LogP contribution in [0.3, 0.4) is 0 Å². The molecule has 0 aliphatic carbocycles. The van der Waals surface area contributed by atoms with E-state index in [1.54, 1.807) is 0 Å². The monoisotopic (exact) mass is 307 g/mol. The van der Waals surface area contributed by atoms with Crippen LogP contribution in [0.5, 0.6) is 0 Å². The average molecular weight is 307 g/mol. The molecule has 2 bridgehead atoms. The molecule has 2 aliphatic rings. The molecule has 2 heterocycles. The molecule has 1 unspecified atom stereocenters. The van der Waals surface area contributed by atoms with E-state index >= 15 is 0 Å². The number of hydrogen-bond donors (Lipinski definition) is 0. The maximum absolute atomic E-state index is 12.4. The SMILES string of the molecule is COC(=O)C1=C(c2ccc3ccccc3c2)CC2CC[C@H]1N2C. The van der Waals surface area contributed by atoms with Crippen molar-refractivity contribution in [3.63, 3.8) is 0 Å². The molecule has 2 atom stereocenters. The number of benzene rings is 2. The van der Waals surface area contributed by atoms with Crippen molar-refractivity contribution in [2.24, 2.45) is 0 Å². The summed E-state index contributed by atoms with van der Waals surface area (Å²) in [5, 5.41) is 2.44. The zero-order valence-electron chi connectivity index (χ0n) is 13.6. The molecular weight excluding hydrogens is 286 g/mol. The highest BCUT2D eigenvalue weighted by atomic mass is 16.5. The largest absolute Gasteiger partial charge is 0.466 e. The second kappa shape index (κ2) is 5.50. The first-order chi connectivity index (χ1) is 11.2. The molecule has 2 aromatic rings. The Balaban J connectivity index is 1.88. The molecule has 23 heavy (non-hydrogen) atoms. The molecule has 2 aliphatic heterocycles. The van der Waals surface area contributed by atoms with E-state index in [9.17, 15) is 4.79 Å². The van der Waals surface area contributed by atoms with Crippen LogP contribution in [0.2, 0.25) is 0 Å². The summed E-state index contributed by atoms with van der Waals surface area (Å²) in [5.41, 5.74) is 3.20. The normalized spacial score (nSPS) is 24.3. The number of esters is 1. The summed E-state index contributed by atoms with van der Waals surface area (Å²) in [5.74, 6) is -0.176. The highest BCUT2D eigenvalue weighted by molar-refractivity contribution is 6.00. The Morgan fingerprint density at radius 2 is 1.91 bits per heavy atom. The molecule has 0 spiro atoms. The Morgan fingerprint density at radius 1 is 1.13 bits per heavy atom. The van der Waals surface area contributed by atoms with Crippen molar-refractivity contribution in [2.45, 2.75) is 31.3 Å². The van der Waals surface area contributed by atoms with Crippen LogP contribution < -0.4 is 0 Å². The van der Waals surface area contributed by atoms with Gasteiger partial charge in [0.25, 0.3) is 0 Å². The molecule has 1 fully saturated rings. The molecule has 2 aromatic carbocycles. The number of fused-ring (bicyclic) bond motifs is 3. The van der Waals surface area contributed by atoms with Gasteiger partial charge in [-0.05, 0) is 54.3 Å². The molecule has 1 saturated heterocycles. The Labute approximate surface area is 136 Å². The predicted molar refractivity (Wildman–Crippen MR) is 92.1 cm³/mol. The highest BCUT2D eigenvalue weighted by Gasteiger charge is 2.42. The summed E-state index contributed by atoms with van der Waals surface area (Å²) in [7, 11) is 3.61. The Hall–Kier alpha value is -2.13. The third-order valence-electron chi connectivity index (χ3n) is 5.44. The van der Waals surface area contributed by atoms with Gasteiger partial charge in [0.2, 0.25) is 0 Å². The van der Waals surface area contributed by atoms with Crippen LogP contribution in [-0.2, 0) is 9.53 Å². The topological polar surface area (TPSA) is 29.5 Å². The van der Waals surface area contributed by atoms with E-state index in [0.29, 0.717) is 6.04 Å². The van der Waals surface area contributed by atoms with E-state index in [4.69, 9.17) is 4.74 Å². The summed E-state index contributed by atoms with van der Waals surface area (Å²) < 4.78 is 5.10. The molecule has 3 nitrogen and oxygen atoms in total. The fourth-order valence-corrected chi connectivity index (χ4v) is 4.17. The van der Waals surface area contributed by atoms with Gasteiger partial charge in [-0.3, -0.25) is 4.90 Å². The summed E-state index contributed by atoms with van der Waals surface area (Å²) in [4.78, 5) is 14.8. The number of carbonyl (C=O) groups is 1. The van der Waals surface area contributed by atoms with Crippen LogP contribution in [-0.4, -0.2) is 37.1 Å². The van der Waals surface area contributed by atoms with Gasteiger partial charge < -0.3 is 4.74 Å². The van der Waals surface area contributed by atoms with Gasteiger partial charge in [-0.25, -0.2) is 4.79 Å². The lowest BCUT2D eigenvalue weighted by Gasteiger charge is -2.34. The van der Waals surface area contributed by atoms with Crippen LogP contribution in [0.1, 0.15) is 24.8 Å². The van der Waals surface area contributed by atoms with Gasteiger partial charge in [0, 0.05) is 12.1 Å². The summed E-state index contributed by atoms with van der Waals surface area (Å²) in [6, 6.07) is 15.6. The van der Waals surface area contributed by atoms with E-state index < -0.39 is 0 Å². The molecular formula is C20H21NO2. The lowest BCUT2D eigenvalue weighted by molar-refractivity contribution is -0.136. The number of ether oxygens (including phenoxy) is 1. The minimum atomic E-state index is -0.176. The fourth-order valence-electron chi connectivity index (χ4n) is 4.17. The summed E-state index contributed by atoms with van der Waals surface area (Å²) >= 11 is 0. The van der Waals surface area contributed by atoms with Gasteiger partial charge in [-0.15, -0.1) is 0 Å². The van der Waals surface area contributed by atoms with Crippen LogP contribution in [0.15, 0.2) is 48.0 Å². The predicted octanol–water partition coefficient (Wildman–Crippen LogP) is 3.63. The molecule has 0 radical (unpaired) electrons. The Bertz CT molecular complexity index is 808. The maximum atomic E-state index is 12.4. The zero-order chi connectivity index (χ0) is 16.0. The number of nitrogens with zero attached hydrogens (tertiary/aromatic N) is 1. The van der Waals surface area contributed by atoms with Gasteiger partial charge in [0.05, 0.1) is 12.7 Å². The van der Waals surface area contributed by atoms with Crippen molar-refractivity contribution in [2.75, 3.05) is 14.2 Å². The van der Waals surface area contributed by atoms with Crippen LogP contribution >= 0.6 is 0 Å². The van der Waals surface area contributed by atoms with Gasteiger partial charge in [-0.2, -0.15) is 0 Å². The third-order valence-corrected chi connectivity index (χ3v) is 5.44.